The Balaban J connectivity index is 1.13. The maximum absolute atomic E-state index is 12.8. The number of rotatable bonds is 13. The highest BCUT2D eigenvalue weighted by atomic mass is 16.7. The van der Waals surface area contributed by atoms with Gasteiger partial charge in [0.1, 0.15) is 18.1 Å². The molecule has 0 aliphatic rings. The number of ether oxygens (including phenoxy) is 3. The van der Waals surface area contributed by atoms with E-state index in [-0.39, 0.29) is 11.8 Å². The van der Waals surface area contributed by atoms with Crippen LogP contribution < -0.4 is 19.5 Å². The Bertz CT molecular complexity index is 2030. The van der Waals surface area contributed by atoms with Gasteiger partial charge in [0, 0.05) is 21.9 Å². The molecular weight excluding hydrogens is 592 g/mol. The number of amides is 1. The Labute approximate surface area is 272 Å². The van der Waals surface area contributed by atoms with Gasteiger partial charge in [0.2, 0.25) is 5.88 Å². The summed E-state index contributed by atoms with van der Waals surface area (Å²) in [6.07, 6.45) is 3.67. The SMILES string of the molecule is O=C(O)Oc1[nH]c2c(/C=C/c3cccc(C(=O)NCCOc4ccccc4)c3)cccc2c1CCCOc1cccc2ccccc12. The molecule has 0 bridgehead atoms. The first kappa shape index (κ1) is 31.0. The highest BCUT2D eigenvalue weighted by molar-refractivity contribution is 5.96. The van der Waals surface area contributed by atoms with E-state index >= 15 is 0 Å². The van der Waals surface area contributed by atoms with E-state index in [1.807, 2.05) is 121 Å². The first-order valence-corrected chi connectivity index (χ1v) is 15.4. The zero-order valence-electron chi connectivity index (χ0n) is 25.6. The lowest BCUT2D eigenvalue weighted by atomic mass is 10.0. The molecule has 3 N–H and O–H groups in total. The molecule has 0 radical (unpaired) electrons. The quantitative estimate of drug-likeness (QED) is 0.0675. The topological polar surface area (TPSA) is 110 Å². The molecule has 0 saturated heterocycles. The van der Waals surface area contributed by atoms with Gasteiger partial charge in [-0.15, -0.1) is 0 Å². The van der Waals surface area contributed by atoms with Crippen molar-refractivity contribution in [2.75, 3.05) is 19.8 Å². The molecule has 47 heavy (non-hydrogen) atoms. The zero-order chi connectivity index (χ0) is 32.4. The molecule has 1 amide bonds. The first-order valence-electron chi connectivity index (χ1n) is 15.4. The molecule has 0 atom stereocenters. The molecule has 0 aliphatic heterocycles. The van der Waals surface area contributed by atoms with E-state index in [0.29, 0.717) is 38.2 Å². The third-order valence-corrected chi connectivity index (χ3v) is 7.71. The van der Waals surface area contributed by atoms with Crippen molar-refractivity contribution in [3.8, 4) is 17.4 Å². The second-order valence-corrected chi connectivity index (χ2v) is 10.9. The lowest BCUT2D eigenvalue weighted by Crippen LogP contribution is -2.28. The molecule has 236 valence electrons. The van der Waals surface area contributed by atoms with Gasteiger partial charge in [-0.05, 0) is 59.7 Å². The maximum Gasteiger partial charge on any atom is 0.512 e. The van der Waals surface area contributed by atoms with Gasteiger partial charge in [-0.3, -0.25) is 4.79 Å². The number of para-hydroxylation sites is 2. The molecule has 6 rings (SSSR count). The van der Waals surface area contributed by atoms with Gasteiger partial charge in [0.15, 0.2) is 0 Å². The van der Waals surface area contributed by atoms with E-state index in [0.717, 1.165) is 49.9 Å². The van der Waals surface area contributed by atoms with Crippen LogP contribution in [0.25, 0.3) is 33.8 Å². The number of benzene rings is 5. The summed E-state index contributed by atoms with van der Waals surface area (Å²) in [5.74, 6) is 1.59. The number of aromatic amines is 1. The average Bonchev–Trinajstić information content (AvgIpc) is 3.44. The molecule has 0 fully saturated rings. The van der Waals surface area contributed by atoms with Crippen LogP contribution in [0.15, 0.2) is 115 Å². The first-order chi connectivity index (χ1) is 23.0. The summed E-state index contributed by atoms with van der Waals surface area (Å²) in [5, 5.41) is 15.4. The summed E-state index contributed by atoms with van der Waals surface area (Å²) in [6, 6.07) is 36.7. The van der Waals surface area contributed by atoms with E-state index in [1.165, 1.54) is 0 Å². The summed E-state index contributed by atoms with van der Waals surface area (Å²) in [7, 11) is 0. The Morgan fingerprint density at radius 1 is 0.766 bits per heavy atom. The van der Waals surface area contributed by atoms with Gasteiger partial charge in [0.05, 0.1) is 18.7 Å². The maximum atomic E-state index is 12.8. The van der Waals surface area contributed by atoms with Crippen LogP contribution in [0.1, 0.15) is 33.5 Å². The van der Waals surface area contributed by atoms with Crippen LogP contribution >= 0.6 is 0 Å². The summed E-state index contributed by atoms with van der Waals surface area (Å²) >= 11 is 0. The van der Waals surface area contributed by atoms with E-state index in [9.17, 15) is 14.7 Å². The summed E-state index contributed by atoms with van der Waals surface area (Å²) < 4.78 is 16.9. The summed E-state index contributed by atoms with van der Waals surface area (Å²) in [5.41, 5.74) is 3.76. The minimum atomic E-state index is -1.39. The van der Waals surface area contributed by atoms with Gasteiger partial charge in [-0.25, -0.2) is 4.79 Å². The fraction of sp³-hybridized carbons (Fsp3) is 0.128. The molecule has 5 aromatic carbocycles. The fourth-order valence-corrected chi connectivity index (χ4v) is 5.51. The molecule has 1 heterocycles. The third-order valence-electron chi connectivity index (χ3n) is 7.71. The van der Waals surface area contributed by atoms with Gasteiger partial charge in [-0.2, -0.15) is 0 Å². The summed E-state index contributed by atoms with van der Waals surface area (Å²) in [4.78, 5) is 27.5. The molecule has 0 spiro atoms. The van der Waals surface area contributed by atoms with Crippen molar-refractivity contribution in [1.82, 2.24) is 10.3 Å². The Hall–Kier alpha value is -6.02. The van der Waals surface area contributed by atoms with Gasteiger partial charge < -0.3 is 29.6 Å². The van der Waals surface area contributed by atoms with Crippen LogP contribution in [0.2, 0.25) is 0 Å². The number of carboxylic acid groups (broad SMARTS) is 1. The van der Waals surface area contributed by atoms with E-state index in [4.69, 9.17) is 14.2 Å². The lowest BCUT2D eigenvalue weighted by Gasteiger charge is -2.09. The van der Waals surface area contributed by atoms with Crippen LogP contribution in [0.3, 0.4) is 0 Å². The van der Waals surface area contributed by atoms with Crippen molar-refractivity contribution in [2.24, 2.45) is 0 Å². The van der Waals surface area contributed by atoms with Crippen LogP contribution in [-0.4, -0.2) is 41.9 Å². The number of aryl methyl sites for hydroxylation is 1. The van der Waals surface area contributed by atoms with Crippen molar-refractivity contribution < 1.29 is 28.9 Å². The molecule has 6 aromatic rings. The Morgan fingerprint density at radius 2 is 1.53 bits per heavy atom. The molecular formula is C39H34N2O6. The number of hydrogen-bond donors (Lipinski definition) is 3. The number of carbonyl (C=O) groups is 2. The van der Waals surface area contributed by atoms with Gasteiger partial charge in [-0.1, -0.05) is 97.1 Å². The molecule has 0 aliphatic carbocycles. The van der Waals surface area contributed by atoms with Crippen LogP contribution in [0, 0.1) is 0 Å². The standard InChI is InChI=1S/C39H34N2O6/c42-37(40-23-25-45-31-15-2-1-3-16-31)30-14-6-10-27(26-30)21-22-29-13-7-18-33-34(38(41-36(29)33)47-39(43)44)19-9-24-46-35-20-8-12-28-11-4-5-17-32(28)35/h1-8,10-18,20-22,26,41H,9,19,23-25H2,(H,40,42)(H,43,44)/b22-21+. The van der Waals surface area contributed by atoms with Crippen molar-refractivity contribution >= 4 is 45.9 Å². The van der Waals surface area contributed by atoms with Crippen molar-refractivity contribution in [3.05, 3.63) is 138 Å². The van der Waals surface area contributed by atoms with Crippen LogP contribution in [0.4, 0.5) is 4.79 Å². The normalized spacial score (nSPS) is 11.1. The molecule has 1 aromatic heterocycles. The highest BCUT2D eigenvalue weighted by Gasteiger charge is 2.17. The van der Waals surface area contributed by atoms with Crippen molar-refractivity contribution in [1.29, 1.82) is 0 Å². The minimum absolute atomic E-state index is 0.187. The van der Waals surface area contributed by atoms with Gasteiger partial charge >= 0.3 is 6.16 Å². The van der Waals surface area contributed by atoms with E-state index < -0.39 is 6.16 Å². The predicted molar refractivity (Wildman–Crippen MR) is 184 cm³/mol. The second kappa shape index (κ2) is 14.8. The Kier molecular flexibility index (Phi) is 9.78. The lowest BCUT2D eigenvalue weighted by molar-refractivity contribution is 0.0946. The molecule has 8 nitrogen and oxygen atoms in total. The molecule has 0 unspecified atom stereocenters. The predicted octanol–water partition coefficient (Wildman–Crippen LogP) is 8.37. The van der Waals surface area contributed by atoms with E-state index in [1.54, 1.807) is 6.07 Å². The largest absolute Gasteiger partial charge is 0.512 e. The van der Waals surface area contributed by atoms with Crippen molar-refractivity contribution in [2.45, 2.75) is 12.8 Å². The number of hydrogen-bond acceptors (Lipinski definition) is 5. The number of fused-ring (bicyclic) bond motifs is 2. The minimum Gasteiger partial charge on any atom is -0.493 e. The van der Waals surface area contributed by atoms with Crippen LogP contribution in [0.5, 0.6) is 17.4 Å². The monoisotopic (exact) mass is 626 g/mol. The third kappa shape index (κ3) is 7.80. The molecule has 0 saturated carbocycles. The molecule has 8 heteroatoms. The van der Waals surface area contributed by atoms with Gasteiger partial charge in [0.25, 0.3) is 5.91 Å². The number of nitrogens with one attached hydrogen (secondary N) is 2. The fourth-order valence-electron chi connectivity index (χ4n) is 5.51. The number of carbonyl (C=O) groups excluding carboxylic acids is 1. The van der Waals surface area contributed by atoms with E-state index in [2.05, 4.69) is 10.3 Å². The number of aromatic nitrogens is 1. The summed E-state index contributed by atoms with van der Waals surface area (Å²) in [6.45, 7) is 1.19. The zero-order valence-corrected chi connectivity index (χ0v) is 25.6. The number of H-pyrrole nitrogens is 1. The average molecular weight is 627 g/mol. The van der Waals surface area contributed by atoms with Crippen LogP contribution in [-0.2, 0) is 6.42 Å². The smallest absolute Gasteiger partial charge is 0.493 e. The van der Waals surface area contributed by atoms with Crippen molar-refractivity contribution in [3.63, 3.8) is 0 Å². The second-order valence-electron chi connectivity index (χ2n) is 10.9. The Morgan fingerprint density at radius 3 is 2.40 bits per heavy atom. The highest BCUT2D eigenvalue weighted by Crippen LogP contribution is 2.33.